The van der Waals surface area contributed by atoms with Gasteiger partial charge < -0.3 is 0 Å². The summed E-state index contributed by atoms with van der Waals surface area (Å²) in [6, 6.07) is 0. The van der Waals surface area contributed by atoms with E-state index in [-0.39, 0.29) is 0 Å². The second-order valence-electron chi connectivity index (χ2n) is 1.74. The van der Waals surface area contributed by atoms with Gasteiger partial charge in [0.15, 0.2) is 0 Å². The highest BCUT2D eigenvalue weighted by atomic mass is 32.2. The topological polar surface area (TPSA) is 12.9 Å². The predicted octanol–water partition coefficient (Wildman–Crippen LogP) is 2.90. The van der Waals surface area contributed by atoms with Gasteiger partial charge >= 0.3 is 0 Å². The number of nitrogens with zero attached hydrogens (tertiary/aromatic N) is 1. The Balaban J connectivity index is 2.78. The molecule has 1 aromatic rings. The number of thiazole rings is 1. The van der Waals surface area contributed by atoms with Crippen LogP contribution in [-0.4, -0.2) is 11.2 Å². The molecule has 54 valence electrons. The van der Waals surface area contributed by atoms with Crippen molar-refractivity contribution in [3.8, 4) is 0 Å². The molecule has 0 atom stereocenters. The molecule has 10 heavy (non-hydrogen) atoms. The van der Waals surface area contributed by atoms with Gasteiger partial charge in [-0.3, -0.25) is 0 Å². The van der Waals surface area contributed by atoms with Crippen LogP contribution in [-0.2, 0) is 0 Å². The molecule has 0 aliphatic heterocycles. The van der Waals surface area contributed by atoms with Crippen LogP contribution in [0, 0.1) is 0 Å². The maximum Gasteiger partial charge on any atom is 0.150 e. The standard InChI is InChI=1S/C7H9NS2/c1-3-4-6-5-10-7(8-6)9-2/h3-5H,1-2H3. The van der Waals surface area contributed by atoms with E-state index >= 15 is 0 Å². The highest BCUT2D eigenvalue weighted by molar-refractivity contribution is 8.00. The number of rotatable bonds is 2. The lowest BCUT2D eigenvalue weighted by molar-refractivity contribution is 1.23. The highest BCUT2D eigenvalue weighted by Gasteiger charge is 1.94. The Morgan fingerprint density at radius 1 is 1.70 bits per heavy atom. The molecule has 0 radical (unpaired) electrons. The SMILES string of the molecule is CC=Cc1csc(SC)n1. The predicted molar refractivity (Wildman–Crippen MR) is 48.6 cm³/mol. The van der Waals surface area contributed by atoms with E-state index in [4.69, 9.17) is 0 Å². The number of allylic oxidation sites excluding steroid dienone is 1. The molecule has 1 heterocycles. The molecule has 1 aromatic heterocycles. The summed E-state index contributed by atoms with van der Waals surface area (Å²) >= 11 is 3.38. The normalized spacial score (nSPS) is 11.0. The first-order valence-corrected chi connectivity index (χ1v) is 5.09. The Bertz CT molecular complexity index is 227. The van der Waals surface area contributed by atoms with Crippen LogP contribution in [0.15, 0.2) is 15.8 Å². The molecule has 0 unspecified atom stereocenters. The van der Waals surface area contributed by atoms with Gasteiger partial charge in [0.1, 0.15) is 4.34 Å². The van der Waals surface area contributed by atoms with Crippen molar-refractivity contribution < 1.29 is 0 Å². The van der Waals surface area contributed by atoms with Crippen LogP contribution in [0.3, 0.4) is 0 Å². The third-order valence-electron chi connectivity index (χ3n) is 1.01. The molecule has 0 saturated heterocycles. The average Bonchev–Trinajstić information content (AvgIpc) is 2.37. The largest absolute Gasteiger partial charge is 0.230 e. The van der Waals surface area contributed by atoms with Gasteiger partial charge in [-0.1, -0.05) is 17.8 Å². The number of thioether (sulfide) groups is 1. The van der Waals surface area contributed by atoms with E-state index in [2.05, 4.69) is 10.4 Å². The second kappa shape index (κ2) is 3.78. The van der Waals surface area contributed by atoms with Crippen molar-refractivity contribution in [3.63, 3.8) is 0 Å². The summed E-state index contributed by atoms with van der Waals surface area (Å²) in [5.74, 6) is 0. The first kappa shape index (κ1) is 7.82. The van der Waals surface area contributed by atoms with Crippen LogP contribution in [0.25, 0.3) is 6.08 Å². The fraction of sp³-hybridized carbons (Fsp3) is 0.286. The van der Waals surface area contributed by atoms with Crippen molar-refractivity contribution in [2.24, 2.45) is 0 Å². The molecular weight excluding hydrogens is 162 g/mol. The van der Waals surface area contributed by atoms with Gasteiger partial charge in [-0.2, -0.15) is 0 Å². The Morgan fingerprint density at radius 3 is 3.00 bits per heavy atom. The first-order chi connectivity index (χ1) is 4.86. The van der Waals surface area contributed by atoms with Crippen molar-refractivity contribution in [1.82, 2.24) is 4.98 Å². The Hall–Kier alpha value is -0.280. The summed E-state index contributed by atoms with van der Waals surface area (Å²) in [4.78, 5) is 4.31. The first-order valence-electron chi connectivity index (χ1n) is 2.99. The van der Waals surface area contributed by atoms with Gasteiger partial charge in [-0.05, 0) is 19.3 Å². The molecule has 0 fully saturated rings. The van der Waals surface area contributed by atoms with Crippen LogP contribution in [0.2, 0.25) is 0 Å². The van der Waals surface area contributed by atoms with Gasteiger partial charge in [-0.15, -0.1) is 11.3 Å². The summed E-state index contributed by atoms with van der Waals surface area (Å²) in [7, 11) is 0. The lowest BCUT2D eigenvalue weighted by Crippen LogP contribution is -1.68. The minimum absolute atomic E-state index is 1.07. The van der Waals surface area contributed by atoms with Crippen molar-refractivity contribution in [3.05, 3.63) is 17.2 Å². The Morgan fingerprint density at radius 2 is 2.50 bits per heavy atom. The van der Waals surface area contributed by atoms with Crippen molar-refractivity contribution in [2.45, 2.75) is 11.3 Å². The van der Waals surface area contributed by atoms with Crippen LogP contribution >= 0.6 is 23.1 Å². The molecule has 1 rings (SSSR count). The van der Waals surface area contributed by atoms with E-state index in [9.17, 15) is 0 Å². The zero-order chi connectivity index (χ0) is 7.40. The number of aromatic nitrogens is 1. The molecule has 0 aromatic carbocycles. The zero-order valence-electron chi connectivity index (χ0n) is 6.00. The van der Waals surface area contributed by atoms with E-state index in [0.29, 0.717) is 0 Å². The maximum atomic E-state index is 4.31. The molecule has 0 saturated carbocycles. The van der Waals surface area contributed by atoms with E-state index in [1.54, 1.807) is 23.1 Å². The van der Waals surface area contributed by atoms with Crippen molar-refractivity contribution in [1.29, 1.82) is 0 Å². The summed E-state index contributed by atoms with van der Waals surface area (Å²) in [6.07, 6.45) is 6.05. The molecule has 0 amide bonds. The zero-order valence-corrected chi connectivity index (χ0v) is 7.63. The molecule has 0 spiro atoms. The lowest BCUT2D eigenvalue weighted by Gasteiger charge is -1.81. The minimum Gasteiger partial charge on any atom is -0.230 e. The fourth-order valence-electron chi connectivity index (χ4n) is 0.610. The van der Waals surface area contributed by atoms with E-state index in [1.165, 1.54) is 0 Å². The number of hydrogen-bond acceptors (Lipinski definition) is 3. The maximum absolute atomic E-state index is 4.31. The van der Waals surface area contributed by atoms with Crippen LogP contribution < -0.4 is 0 Å². The average molecular weight is 171 g/mol. The molecule has 0 aliphatic carbocycles. The van der Waals surface area contributed by atoms with Crippen molar-refractivity contribution in [2.75, 3.05) is 6.26 Å². The van der Waals surface area contributed by atoms with Gasteiger partial charge in [0, 0.05) is 5.38 Å². The molecule has 0 N–H and O–H groups in total. The quantitative estimate of drug-likeness (QED) is 0.635. The summed E-state index contributed by atoms with van der Waals surface area (Å²) in [5, 5.41) is 2.06. The van der Waals surface area contributed by atoms with Gasteiger partial charge in [0.2, 0.25) is 0 Å². The lowest BCUT2D eigenvalue weighted by atomic mass is 10.4. The van der Waals surface area contributed by atoms with E-state index < -0.39 is 0 Å². The van der Waals surface area contributed by atoms with E-state index in [1.807, 2.05) is 25.3 Å². The van der Waals surface area contributed by atoms with Gasteiger partial charge in [-0.25, -0.2) is 4.98 Å². The molecule has 0 bridgehead atoms. The van der Waals surface area contributed by atoms with Gasteiger partial charge in [0.05, 0.1) is 5.69 Å². The number of hydrogen-bond donors (Lipinski definition) is 0. The van der Waals surface area contributed by atoms with Crippen molar-refractivity contribution >= 4 is 29.2 Å². The second-order valence-corrected chi connectivity index (χ2v) is 3.65. The summed E-state index contributed by atoms with van der Waals surface area (Å²) in [5.41, 5.74) is 1.07. The van der Waals surface area contributed by atoms with E-state index in [0.717, 1.165) is 10.0 Å². The molecule has 0 aliphatic rings. The fourth-order valence-corrected chi connectivity index (χ4v) is 1.85. The van der Waals surface area contributed by atoms with Crippen LogP contribution in [0.1, 0.15) is 12.6 Å². The smallest absolute Gasteiger partial charge is 0.150 e. The monoisotopic (exact) mass is 171 g/mol. The Kier molecular flexibility index (Phi) is 2.96. The summed E-state index contributed by atoms with van der Waals surface area (Å²) in [6.45, 7) is 2.00. The highest BCUT2D eigenvalue weighted by Crippen LogP contribution is 2.20. The Labute approximate surface area is 69.2 Å². The van der Waals surface area contributed by atoms with Crippen LogP contribution in [0.4, 0.5) is 0 Å². The van der Waals surface area contributed by atoms with Crippen LogP contribution in [0.5, 0.6) is 0 Å². The molecule has 3 heteroatoms. The third kappa shape index (κ3) is 1.85. The molecular formula is C7H9NS2. The van der Waals surface area contributed by atoms with Gasteiger partial charge in [0.25, 0.3) is 0 Å². The third-order valence-corrected chi connectivity index (χ3v) is 2.89. The minimum atomic E-state index is 1.07. The molecule has 1 nitrogen and oxygen atoms in total. The summed E-state index contributed by atoms with van der Waals surface area (Å²) < 4.78 is 1.13.